The molecule has 2 aromatic heterocycles. The summed E-state index contributed by atoms with van der Waals surface area (Å²) in [6, 6.07) is 0. The monoisotopic (exact) mass is 366 g/mol. The first kappa shape index (κ1) is 18.7. The van der Waals surface area contributed by atoms with Crippen LogP contribution in [0.4, 0.5) is 11.8 Å². The highest BCUT2D eigenvalue weighted by molar-refractivity contribution is 5.84. The molecule has 144 valence electrons. The largest absolute Gasteiger partial charge is 0.387 e. The Morgan fingerprint density at radius 1 is 1.35 bits per heavy atom. The second kappa shape index (κ2) is 7.68. The molecule has 3 heterocycles. The van der Waals surface area contributed by atoms with E-state index in [0.717, 1.165) is 13.0 Å². The van der Waals surface area contributed by atoms with Crippen molar-refractivity contribution in [2.24, 2.45) is 5.73 Å². The maximum Gasteiger partial charge on any atom is 0.207 e. The highest BCUT2D eigenvalue weighted by atomic mass is 16.6. The number of fused-ring (bicyclic) bond motifs is 1. The molecule has 0 spiro atoms. The molecule has 11 nitrogen and oxygen atoms in total. The Morgan fingerprint density at radius 2 is 2.12 bits per heavy atom. The fourth-order valence-electron chi connectivity index (χ4n) is 3.20. The van der Waals surface area contributed by atoms with Gasteiger partial charge in [0.05, 0.1) is 0 Å². The first-order valence-electron chi connectivity index (χ1n) is 8.54. The lowest BCUT2D eigenvalue weighted by Crippen LogP contribution is -2.39. The summed E-state index contributed by atoms with van der Waals surface area (Å²) in [6.07, 6.45) is -1.41. The quantitative estimate of drug-likeness (QED) is 0.384. The van der Waals surface area contributed by atoms with Crippen molar-refractivity contribution in [2.45, 2.75) is 31.0 Å². The minimum absolute atomic E-state index is 0.233. The zero-order valence-corrected chi connectivity index (χ0v) is 14.9. The number of rotatable bonds is 7. The van der Waals surface area contributed by atoms with Crippen LogP contribution in [0.1, 0.15) is 12.6 Å². The molecule has 2 unspecified atom stereocenters. The van der Waals surface area contributed by atoms with Gasteiger partial charge in [0, 0.05) is 13.6 Å². The van der Waals surface area contributed by atoms with Gasteiger partial charge in [0.2, 0.25) is 5.95 Å². The lowest BCUT2D eigenvalue weighted by molar-refractivity contribution is -0.0410. The molecule has 0 aromatic carbocycles. The summed E-state index contributed by atoms with van der Waals surface area (Å²) < 4.78 is 7.58. The Bertz CT molecular complexity index is 754. The number of hydrogen-bond acceptors (Lipinski definition) is 10. The molecular weight excluding hydrogens is 340 g/mol. The van der Waals surface area contributed by atoms with Crippen LogP contribution in [0.15, 0.2) is 6.33 Å². The van der Waals surface area contributed by atoms with Gasteiger partial charge < -0.3 is 36.6 Å². The molecule has 11 heteroatoms. The van der Waals surface area contributed by atoms with Crippen LogP contribution >= 0.6 is 0 Å². The summed E-state index contributed by atoms with van der Waals surface area (Å²) in [5.41, 5.74) is 12.2. The Balaban J connectivity index is 1.88. The van der Waals surface area contributed by atoms with Gasteiger partial charge in [-0.2, -0.15) is 0 Å². The number of aliphatic hydroxyl groups excluding tert-OH is 2. The molecule has 1 fully saturated rings. The van der Waals surface area contributed by atoms with Crippen molar-refractivity contribution in [1.29, 1.82) is 0 Å². The van der Waals surface area contributed by atoms with Crippen molar-refractivity contribution in [3.8, 4) is 0 Å². The van der Waals surface area contributed by atoms with E-state index in [4.69, 9.17) is 16.2 Å². The summed E-state index contributed by atoms with van der Waals surface area (Å²) in [6.45, 7) is 1.84. The second-order valence-electron chi connectivity index (χ2n) is 6.44. The Morgan fingerprint density at radius 3 is 2.81 bits per heavy atom. The average Bonchev–Trinajstić information content (AvgIpc) is 3.13. The lowest BCUT2D eigenvalue weighted by Gasteiger charge is -2.22. The SMILES string of the molecule is CNc1nc2c(N)ncnc2n1[C@@H]1O[C@H](CN(C)CCCN)C(O)C1O. The van der Waals surface area contributed by atoms with Gasteiger partial charge in [-0.25, -0.2) is 15.0 Å². The van der Waals surface area contributed by atoms with E-state index in [1.165, 1.54) is 6.33 Å². The molecule has 0 amide bonds. The number of likely N-dealkylation sites (N-methyl/N-ethyl adjacent to an activating group) is 1. The summed E-state index contributed by atoms with van der Waals surface area (Å²) in [4.78, 5) is 14.5. The Labute approximate surface area is 151 Å². The van der Waals surface area contributed by atoms with Crippen LogP contribution in [0.5, 0.6) is 0 Å². The summed E-state index contributed by atoms with van der Waals surface area (Å²) in [5.74, 6) is 0.650. The van der Waals surface area contributed by atoms with E-state index >= 15 is 0 Å². The normalized spacial score (nSPS) is 26.1. The summed E-state index contributed by atoms with van der Waals surface area (Å²) in [5, 5.41) is 24.0. The third kappa shape index (κ3) is 3.31. The minimum Gasteiger partial charge on any atom is -0.387 e. The molecule has 1 aliphatic heterocycles. The third-order valence-corrected chi connectivity index (χ3v) is 4.56. The van der Waals surface area contributed by atoms with Gasteiger partial charge in [0.1, 0.15) is 24.6 Å². The number of imidazole rings is 1. The maximum atomic E-state index is 10.6. The van der Waals surface area contributed by atoms with Crippen LogP contribution in [-0.2, 0) is 4.74 Å². The van der Waals surface area contributed by atoms with Gasteiger partial charge >= 0.3 is 0 Å². The fraction of sp³-hybridized carbons (Fsp3) is 0.667. The van der Waals surface area contributed by atoms with E-state index in [1.54, 1.807) is 11.6 Å². The van der Waals surface area contributed by atoms with E-state index in [1.807, 2.05) is 11.9 Å². The maximum absolute atomic E-state index is 10.6. The number of nitrogen functional groups attached to an aromatic ring is 1. The molecule has 1 aliphatic rings. The lowest BCUT2D eigenvalue weighted by atomic mass is 10.1. The number of nitrogens with one attached hydrogen (secondary N) is 1. The van der Waals surface area contributed by atoms with Gasteiger partial charge in [0.25, 0.3) is 0 Å². The van der Waals surface area contributed by atoms with Crippen molar-refractivity contribution in [1.82, 2.24) is 24.4 Å². The van der Waals surface area contributed by atoms with Crippen LogP contribution in [-0.4, -0.2) is 86.7 Å². The summed E-state index contributed by atoms with van der Waals surface area (Å²) >= 11 is 0. The van der Waals surface area contributed by atoms with Gasteiger partial charge in [0.15, 0.2) is 23.2 Å². The molecule has 1 saturated heterocycles. The second-order valence-corrected chi connectivity index (χ2v) is 6.44. The summed E-state index contributed by atoms with van der Waals surface area (Å²) in [7, 11) is 3.61. The Hall–Kier alpha value is -2.05. The van der Waals surface area contributed by atoms with Crippen LogP contribution in [0.2, 0.25) is 0 Å². The third-order valence-electron chi connectivity index (χ3n) is 4.56. The van der Waals surface area contributed by atoms with Gasteiger partial charge in [-0.1, -0.05) is 0 Å². The van der Waals surface area contributed by atoms with Crippen molar-refractivity contribution >= 4 is 22.9 Å². The number of aromatic nitrogens is 4. The topological polar surface area (TPSA) is 161 Å². The van der Waals surface area contributed by atoms with Gasteiger partial charge in [-0.05, 0) is 26.6 Å². The van der Waals surface area contributed by atoms with E-state index in [0.29, 0.717) is 30.2 Å². The molecule has 0 bridgehead atoms. The molecule has 7 N–H and O–H groups in total. The van der Waals surface area contributed by atoms with Crippen molar-refractivity contribution in [3.63, 3.8) is 0 Å². The Kier molecular flexibility index (Phi) is 5.53. The highest BCUT2D eigenvalue weighted by Crippen LogP contribution is 2.35. The molecule has 4 atom stereocenters. The van der Waals surface area contributed by atoms with Crippen molar-refractivity contribution in [3.05, 3.63) is 6.33 Å². The highest BCUT2D eigenvalue weighted by Gasteiger charge is 2.45. The number of ether oxygens (including phenoxy) is 1. The van der Waals surface area contributed by atoms with Crippen molar-refractivity contribution in [2.75, 3.05) is 44.8 Å². The van der Waals surface area contributed by atoms with Crippen LogP contribution in [0.3, 0.4) is 0 Å². The molecule has 0 aliphatic carbocycles. The molecular formula is C15H26N8O3. The number of aliphatic hydroxyl groups is 2. The number of nitrogens with two attached hydrogens (primary N) is 2. The van der Waals surface area contributed by atoms with Crippen molar-refractivity contribution < 1.29 is 14.9 Å². The zero-order chi connectivity index (χ0) is 18.8. The van der Waals surface area contributed by atoms with Gasteiger partial charge in [-0.15, -0.1) is 0 Å². The standard InChI is InChI=1S/C15H26N8O3/c1-18-15-21-9-12(17)19-7-20-13(9)23(15)14-11(25)10(24)8(26-14)6-22(2)5-3-4-16/h7-8,10-11,14,24-25H,3-6,16H2,1-2H3,(H,18,21)(H2,17,19,20)/t8-,10?,11?,14-/m1/s1. The molecule has 2 aromatic rings. The molecule has 26 heavy (non-hydrogen) atoms. The van der Waals surface area contributed by atoms with E-state index in [-0.39, 0.29) is 5.82 Å². The molecule has 0 radical (unpaired) electrons. The van der Waals surface area contributed by atoms with Crippen LogP contribution < -0.4 is 16.8 Å². The molecule has 3 rings (SSSR count). The first-order chi connectivity index (χ1) is 12.5. The number of hydrogen-bond donors (Lipinski definition) is 5. The fourth-order valence-corrected chi connectivity index (χ4v) is 3.20. The van der Waals surface area contributed by atoms with Crippen LogP contribution in [0, 0.1) is 0 Å². The number of anilines is 2. The minimum atomic E-state index is -1.14. The van der Waals surface area contributed by atoms with Crippen LogP contribution in [0.25, 0.3) is 11.2 Å². The predicted molar refractivity (Wildman–Crippen MR) is 96.4 cm³/mol. The predicted octanol–water partition coefficient (Wildman–Crippen LogP) is -1.65. The van der Waals surface area contributed by atoms with E-state index in [9.17, 15) is 10.2 Å². The number of nitrogens with zero attached hydrogens (tertiary/aromatic N) is 5. The molecule has 0 saturated carbocycles. The zero-order valence-electron chi connectivity index (χ0n) is 14.9. The van der Waals surface area contributed by atoms with Gasteiger partial charge in [-0.3, -0.25) is 4.57 Å². The van der Waals surface area contributed by atoms with E-state index in [2.05, 4.69) is 20.3 Å². The smallest absolute Gasteiger partial charge is 0.207 e. The first-order valence-corrected chi connectivity index (χ1v) is 8.54. The van der Waals surface area contributed by atoms with E-state index < -0.39 is 24.5 Å². The average molecular weight is 366 g/mol.